The molecule has 0 bridgehead atoms. The van der Waals surface area contributed by atoms with Crippen LogP contribution in [0.3, 0.4) is 0 Å². The van der Waals surface area contributed by atoms with Crippen LogP contribution in [0.5, 0.6) is 0 Å². The minimum absolute atomic E-state index is 0.000837. The van der Waals surface area contributed by atoms with Crippen molar-refractivity contribution in [2.45, 2.75) is 25.4 Å². The molecule has 2 aliphatic rings. The van der Waals surface area contributed by atoms with E-state index in [9.17, 15) is 18.8 Å². The largest absolute Gasteiger partial charge is 0.341 e. The maximum absolute atomic E-state index is 14.6. The lowest BCUT2D eigenvalue weighted by molar-refractivity contribution is -0.164. The van der Waals surface area contributed by atoms with Gasteiger partial charge in [0.25, 0.3) is 5.91 Å². The maximum atomic E-state index is 14.6. The van der Waals surface area contributed by atoms with Gasteiger partial charge in [0, 0.05) is 13.2 Å². The van der Waals surface area contributed by atoms with Gasteiger partial charge in [0.15, 0.2) is 17.2 Å². The normalized spacial score (nSPS) is 18.6. The van der Waals surface area contributed by atoms with Crippen LogP contribution in [0.1, 0.15) is 24.1 Å². The van der Waals surface area contributed by atoms with Crippen LogP contribution in [0.25, 0.3) is 0 Å². The Morgan fingerprint density at radius 1 is 1.25 bits per heavy atom. The van der Waals surface area contributed by atoms with Gasteiger partial charge in [0.2, 0.25) is 5.91 Å². The van der Waals surface area contributed by atoms with Crippen molar-refractivity contribution in [2.24, 2.45) is 0 Å². The molecule has 4 amide bonds. The first-order chi connectivity index (χ1) is 15.2. The van der Waals surface area contributed by atoms with Crippen molar-refractivity contribution in [3.63, 3.8) is 0 Å². The summed E-state index contributed by atoms with van der Waals surface area (Å²) >= 11 is 5.80. The lowest BCUT2D eigenvalue weighted by Gasteiger charge is -2.59. The fourth-order valence-electron chi connectivity index (χ4n) is 4.41. The quantitative estimate of drug-likeness (QED) is 0.764. The Hall–Kier alpha value is -3.20. The standard InChI is InChI=1S/C22H23ClFN5O3/c1-13-4-6-15(7-5-13)14(2)29-18(30)10-28(19-17(24)8-16(23)9-26-19)20(31)22(29)11-27(12-22)21(32)25-3/h4-9,14H,10-12H2,1-3H3,(H,25,32)/t14-/m0/s1. The second-order valence-corrected chi connectivity index (χ2v) is 8.58. The van der Waals surface area contributed by atoms with E-state index in [1.165, 1.54) is 23.0 Å². The number of halogens is 2. The number of pyridine rings is 1. The highest BCUT2D eigenvalue weighted by atomic mass is 35.5. The Morgan fingerprint density at radius 3 is 2.50 bits per heavy atom. The highest BCUT2D eigenvalue weighted by molar-refractivity contribution is 6.30. The summed E-state index contributed by atoms with van der Waals surface area (Å²) in [6, 6.07) is 7.96. The predicted octanol–water partition coefficient (Wildman–Crippen LogP) is 2.51. The van der Waals surface area contributed by atoms with Crippen LogP contribution in [-0.4, -0.2) is 64.9 Å². The van der Waals surface area contributed by atoms with Gasteiger partial charge in [0.05, 0.1) is 24.2 Å². The number of amides is 4. The summed E-state index contributed by atoms with van der Waals surface area (Å²) < 4.78 is 14.6. The third-order valence-electron chi connectivity index (χ3n) is 6.06. The van der Waals surface area contributed by atoms with E-state index in [1.54, 1.807) is 0 Å². The number of piperazine rings is 1. The number of rotatable bonds is 3. The molecule has 1 aromatic carbocycles. The molecule has 2 aromatic rings. The number of aromatic nitrogens is 1. The maximum Gasteiger partial charge on any atom is 0.317 e. The number of nitrogens with one attached hydrogen (secondary N) is 1. The number of hydrogen-bond acceptors (Lipinski definition) is 4. The van der Waals surface area contributed by atoms with Gasteiger partial charge in [-0.3, -0.25) is 14.5 Å². The van der Waals surface area contributed by atoms with Crippen LogP contribution in [0.4, 0.5) is 15.0 Å². The molecule has 0 saturated carbocycles. The smallest absolute Gasteiger partial charge is 0.317 e. The van der Waals surface area contributed by atoms with Gasteiger partial charge in [-0.1, -0.05) is 41.4 Å². The summed E-state index contributed by atoms with van der Waals surface area (Å²) in [5.41, 5.74) is 0.611. The molecule has 2 fully saturated rings. The molecule has 2 saturated heterocycles. The van der Waals surface area contributed by atoms with E-state index in [-0.39, 0.29) is 42.4 Å². The van der Waals surface area contributed by atoms with Gasteiger partial charge in [-0.05, 0) is 25.5 Å². The summed E-state index contributed by atoms with van der Waals surface area (Å²) in [4.78, 5) is 47.2. The van der Waals surface area contributed by atoms with Gasteiger partial charge in [-0.2, -0.15) is 0 Å². The Kier molecular flexibility index (Phi) is 5.54. The van der Waals surface area contributed by atoms with Crippen LogP contribution in [-0.2, 0) is 9.59 Å². The lowest BCUT2D eigenvalue weighted by Crippen LogP contribution is -2.82. The van der Waals surface area contributed by atoms with Gasteiger partial charge in [-0.15, -0.1) is 0 Å². The molecule has 1 spiro atoms. The zero-order valence-electron chi connectivity index (χ0n) is 17.9. The number of aryl methyl sites for hydroxylation is 1. The van der Waals surface area contributed by atoms with E-state index in [0.717, 1.165) is 22.1 Å². The molecule has 4 rings (SSSR count). The number of carbonyl (C=O) groups excluding carboxylic acids is 3. The molecule has 0 radical (unpaired) electrons. The first-order valence-electron chi connectivity index (χ1n) is 10.2. The Balaban J connectivity index is 1.74. The molecule has 1 aromatic heterocycles. The van der Waals surface area contributed by atoms with E-state index in [1.807, 2.05) is 38.1 Å². The minimum Gasteiger partial charge on any atom is -0.341 e. The highest BCUT2D eigenvalue weighted by Gasteiger charge is 2.62. The van der Waals surface area contributed by atoms with E-state index < -0.39 is 23.3 Å². The number of carbonyl (C=O) groups is 3. The average Bonchev–Trinajstić information content (AvgIpc) is 2.73. The van der Waals surface area contributed by atoms with E-state index in [4.69, 9.17) is 11.6 Å². The third-order valence-corrected chi connectivity index (χ3v) is 6.27. The van der Waals surface area contributed by atoms with Crippen molar-refractivity contribution in [2.75, 3.05) is 31.6 Å². The number of hydrogen-bond donors (Lipinski definition) is 1. The van der Waals surface area contributed by atoms with Crippen molar-refractivity contribution in [3.05, 3.63) is 58.5 Å². The molecule has 0 unspecified atom stereocenters. The van der Waals surface area contributed by atoms with Crippen LogP contribution >= 0.6 is 11.6 Å². The summed E-state index contributed by atoms with van der Waals surface area (Å²) in [6.45, 7) is 3.45. The summed E-state index contributed by atoms with van der Waals surface area (Å²) in [6.07, 6.45) is 1.23. The second kappa shape index (κ2) is 8.05. The summed E-state index contributed by atoms with van der Waals surface area (Å²) in [5, 5.41) is 2.61. The number of urea groups is 1. The number of anilines is 1. The molecule has 2 aliphatic heterocycles. The molecule has 0 aliphatic carbocycles. The zero-order valence-corrected chi connectivity index (χ0v) is 18.7. The Bertz CT molecular complexity index is 1090. The van der Waals surface area contributed by atoms with Crippen LogP contribution in [0, 0.1) is 12.7 Å². The molecular formula is C22H23ClFN5O3. The Labute approximate surface area is 189 Å². The van der Waals surface area contributed by atoms with Crippen molar-refractivity contribution in [1.29, 1.82) is 0 Å². The third kappa shape index (κ3) is 3.46. The monoisotopic (exact) mass is 459 g/mol. The van der Waals surface area contributed by atoms with Crippen molar-refractivity contribution >= 4 is 35.3 Å². The van der Waals surface area contributed by atoms with E-state index >= 15 is 0 Å². The fourth-order valence-corrected chi connectivity index (χ4v) is 4.55. The molecule has 10 heteroatoms. The predicted molar refractivity (Wildman–Crippen MR) is 117 cm³/mol. The Morgan fingerprint density at radius 2 is 1.91 bits per heavy atom. The van der Waals surface area contributed by atoms with E-state index in [0.29, 0.717) is 0 Å². The molecular weight excluding hydrogens is 437 g/mol. The molecule has 32 heavy (non-hydrogen) atoms. The SMILES string of the molecule is CNC(=O)N1CC2(C1)C(=O)N(c1ncc(Cl)cc1F)CC(=O)N2[C@@H](C)c1ccc(C)cc1. The summed E-state index contributed by atoms with van der Waals surface area (Å²) in [5.74, 6) is -1.89. The first-order valence-corrected chi connectivity index (χ1v) is 10.5. The summed E-state index contributed by atoms with van der Waals surface area (Å²) in [7, 11) is 1.49. The minimum atomic E-state index is -1.32. The number of likely N-dealkylation sites (tertiary alicyclic amines) is 1. The molecule has 1 N–H and O–H groups in total. The molecule has 1 atom stereocenters. The van der Waals surface area contributed by atoms with Gasteiger partial charge >= 0.3 is 6.03 Å². The van der Waals surface area contributed by atoms with Gasteiger partial charge < -0.3 is 15.1 Å². The van der Waals surface area contributed by atoms with Crippen molar-refractivity contribution in [3.8, 4) is 0 Å². The molecule has 168 valence electrons. The second-order valence-electron chi connectivity index (χ2n) is 8.14. The van der Waals surface area contributed by atoms with Gasteiger partial charge in [-0.25, -0.2) is 14.2 Å². The zero-order chi connectivity index (χ0) is 23.2. The van der Waals surface area contributed by atoms with Gasteiger partial charge in [0.1, 0.15) is 6.54 Å². The molecule has 3 heterocycles. The fraction of sp³-hybridized carbons (Fsp3) is 0.364. The lowest BCUT2D eigenvalue weighted by atomic mass is 9.82. The number of nitrogens with zero attached hydrogens (tertiary/aromatic N) is 4. The highest BCUT2D eigenvalue weighted by Crippen LogP contribution is 2.40. The van der Waals surface area contributed by atoms with Crippen LogP contribution < -0.4 is 10.2 Å². The van der Waals surface area contributed by atoms with Crippen LogP contribution in [0.15, 0.2) is 36.5 Å². The van der Waals surface area contributed by atoms with Crippen molar-refractivity contribution < 1.29 is 18.8 Å². The first kappa shape index (κ1) is 22.0. The van der Waals surface area contributed by atoms with Crippen molar-refractivity contribution in [1.82, 2.24) is 20.1 Å². The average molecular weight is 460 g/mol. The molecule has 8 nitrogen and oxygen atoms in total. The van der Waals surface area contributed by atoms with Crippen LogP contribution in [0.2, 0.25) is 5.02 Å². The number of benzene rings is 1. The van der Waals surface area contributed by atoms with E-state index in [2.05, 4.69) is 10.3 Å². The topological polar surface area (TPSA) is 85.9 Å².